The van der Waals surface area contributed by atoms with Gasteiger partial charge in [0.05, 0.1) is 10.5 Å². The first-order valence-corrected chi connectivity index (χ1v) is 11.3. The highest BCUT2D eigenvalue weighted by Crippen LogP contribution is 2.34. The van der Waals surface area contributed by atoms with Gasteiger partial charge in [-0.2, -0.15) is 0 Å². The first kappa shape index (κ1) is 21.0. The topological polar surface area (TPSA) is 128 Å². The zero-order valence-electron chi connectivity index (χ0n) is 17.4. The van der Waals surface area contributed by atoms with E-state index in [1.807, 2.05) is 24.4 Å². The van der Waals surface area contributed by atoms with Crippen LogP contribution in [0.15, 0.2) is 65.0 Å². The number of benzene rings is 1. The molecule has 1 N–H and O–H groups in total. The van der Waals surface area contributed by atoms with E-state index in [1.165, 1.54) is 42.8 Å². The number of hydrogen-bond donors (Lipinski definition) is 1. The summed E-state index contributed by atoms with van der Waals surface area (Å²) in [4.78, 5) is 32.9. The van der Waals surface area contributed by atoms with Crippen LogP contribution in [0.3, 0.4) is 0 Å². The number of carbonyl (C=O) groups is 1. The van der Waals surface area contributed by atoms with Gasteiger partial charge in [-0.3, -0.25) is 24.6 Å². The molecule has 1 aliphatic rings. The summed E-state index contributed by atoms with van der Waals surface area (Å²) in [5.74, 6) is 0.0771. The molecule has 11 heteroatoms. The van der Waals surface area contributed by atoms with Crippen LogP contribution in [-0.4, -0.2) is 35.4 Å². The van der Waals surface area contributed by atoms with E-state index >= 15 is 0 Å². The maximum atomic E-state index is 13.1. The first-order chi connectivity index (χ1) is 16.1. The molecule has 1 amide bonds. The molecule has 0 unspecified atom stereocenters. The maximum Gasteiger partial charge on any atom is 0.270 e. The Balaban J connectivity index is 1.42. The van der Waals surface area contributed by atoms with Gasteiger partial charge in [-0.15, -0.1) is 10.2 Å². The molecule has 0 radical (unpaired) electrons. The van der Waals surface area contributed by atoms with E-state index in [0.717, 1.165) is 18.4 Å². The van der Waals surface area contributed by atoms with Gasteiger partial charge in [0.2, 0.25) is 5.95 Å². The number of aromatic nitrogens is 5. The highest BCUT2D eigenvalue weighted by atomic mass is 32.2. The summed E-state index contributed by atoms with van der Waals surface area (Å²) in [6, 6.07) is 9.64. The molecule has 5 rings (SSSR count). The van der Waals surface area contributed by atoms with Crippen LogP contribution in [0.4, 0.5) is 11.6 Å². The molecule has 0 spiro atoms. The van der Waals surface area contributed by atoms with Gasteiger partial charge in [0.1, 0.15) is 0 Å². The Morgan fingerprint density at radius 1 is 1.12 bits per heavy atom. The lowest BCUT2D eigenvalue weighted by molar-refractivity contribution is -0.384. The second kappa shape index (κ2) is 8.94. The zero-order valence-corrected chi connectivity index (χ0v) is 18.2. The number of pyridine rings is 1. The molecule has 0 aliphatic heterocycles. The van der Waals surface area contributed by atoms with Gasteiger partial charge in [-0.05, 0) is 54.3 Å². The largest absolute Gasteiger partial charge is 0.290 e. The van der Waals surface area contributed by atoms with Crippen LogP contribution < -0.4 is 5.32 Å². The second-order valence-corrected chi connectivity index (χ2v) is 8.74. The normalized spacial score (nSPS) is 13.9. The minimum atomic E-state index is -0.538. The van der Waals surface area contributed by atoms with Crippen LogP contribution in [0.1, 0.15) is 47.5 Å². The van der Waals surface area contributed by atoms with Gasteiger partial charge in [0.15, 0.2) is 10.8 Å². The van der Waals surface area contributed by atoms with E-state index < -0.39 is 10.8 Å². The fraction of sp³-hybridized carbons (Fsp3) is 0.227. The minimum Gasteiger partial charge on any atom is -0.290 e. The number of non-ortho nitro benzene ring substituents is 1. The first-order valence-electron chi connectivity index (χ1n) is 10.5. The number of fused-ring (bicyclic) bond motifs is 1. The molecule has 1 saturated carbocycles. The average molecular weight is 462 g/mol. The third-order valence-electron chi connectivity index (χ3n) is 5.63. The third kappa shape index (κ3) is 4.40. The van der Waals surface area contributed by atoms with Gasteiger partial charge in [-0.1, -0.05) is 18.9 Å². The molecular formula is C22H19N7O3S. The number of nitrogens with zero attached hydrogens (tertiary/aromatic N) is 6. The van der Waals surface area contributed by atoms with Crippen LogP contribution in [-0.2, 0) is 0 Å². The van der Waals surface area contributed by atoms with E-state index in [2.05, 4.69) is 25.5 Å². The quantitative estimate of drug-likeness (QED) is 0.329. The lowest BCUT2D eigenvalue weighted by atomic mass is 10.0. The standard InChI is InChI=1S/C22H19N7O3S/c30-20(25-21-23-12-15(13-24-21)14-5-1-2-6-14)17-11-16(29(31)32)8-9-18(17)33-22-27-26-19-7-3-4-10-28(19)22/h3-4,7-14H,1-2,5-6H2,(H,23,24,25,30). The fourth-order valence-corrected chi connectivity index (χ4v) is 4.86. The average Bonchev–Trinajstić information content (AvgIpc) is 3.50. The summed E-state index contributed by atoms with van der Waals surface area (Å²) in [6.45, 7) is 0. The summed E-state index contributed by atoms with van der Waals surface area (Å²) in [7, 11) is 0. The lowest BCUT2D eigenvalue weighted by Gasteiger charge is -2.11. The van der Waals surface area contributed by atoms with Crippen molar-refractivity contribution in [1.29, 1.82) is 0 Å². The van der Waals surface area contributed by atoms with Crippen molar-refractivity contribution in [2.45, 2.75) is 41.7 Å². The number of anilines is 1. The SMILES string of the molecule is O=C(Nc1ncc(C2CCCC2)cn1)c1cc([N+](=O)[O-])ccc1Sc1nnc2ccccn12. The maximum absolute atomic E-state index is 13.1. The summed E-state index contributed by atoms with van der Waals surface area (Å²) in [5.41, 5.74) is 1.66. The van der Waals surface area contributed by atoms with Gasteiger partial charge in [0, 0.05) is 35.6 Å². The van der Waals surface area contributed by atoms with E-state index in [-0.39, 0.29) is 17.2 Å². The number of rotatable bonds is 6. The number of nitro groups is 1. The van der Waals surface area contributed by atoms with Crippen LogP contribution in [0.25, 0.3) is 5.65 Å². The molecule has 1 aliphatic carbocycles. The number of hydrogen-bond acceptors (Lipinski definition) is 8. The second-order valence-electron chi connectivity index (χ2n) is 7.73. The summed E-state index contributed by atoms with van der Waals surface area (Å²) < 4.78 is 1.78. The molecular weight excluding hydrogens is 442 g/mol. The Labute approximate surface area is 192 Å². The van der Waals surface area contributed by atoms with E-state index in [1.54, 1.807) is 16.8 Å². The van der Waals surface area contributed by atoms with E-state index in [0.29, 0.717) is 21.6 Å². The van der Waals surface area contributed by atoms with Crippen molar-refractivity contribution >= 4 is 35.0 Å². The number of nitrogens with one attached hydrogen (secondary N) is 1. The third-order valence-corrected chi connectivity index (χ3v) is 6.66. The number of carbonyl (C=O) groups excluding carboxylic acids is 1. The number of nitro benzene ring substituents is 1. The molecule has 3 heterocycles. The summed E-state index contributed by atoms with van der Waals surface area (Å²) in [5, 5.41) is 22.8. The van der Waals surface area contributed by atoms with Crippen LogP contribution in [0.2, 0.25) is 0 Å². The Bertz CT molecular complexity index is 1330. The van der Waals surface area contributed by atoms with Gasteiger partial charge in [0.25, 0.3) is 11.6 Å². The Morgan fingerprint density at radius 3 is 2.67 bits per heavy atom. The summed E-state index contributed by atoms with van der Waals surface area (Å²) in [6.07, 6.45) is 9.95. The van der Waals surface area contributed by atoms with E-state index in [9.17, 15) is 14.9 Å². The van der Waals surface area contributed by atoms with Crippen molar-refractivity contribution in [1.82, 2.24) is 24.6 Å². The lowest BCUT2D eigenvalue weighted by Crippen LogP contribution is -2.15. The molecule has 0 saturated heterocycles. The molecule has 10 nitrogen and oxygen atoms in total. The van der Waals surface area contributed by atoms with Gasteiger partial charge >= 0.3 is 0 Å². The van der Waals surface area contributed by atoms with Crippen molar-refractivity contribution < 1.29 is 9.72 Å². The van der Waals surface area contributed by atoms with Crippen molar-refractivity contribution in [3.63, 3.8) is 0 Å². The molecule has 3 aromatic heterocycles. The zero-order chi connectivity index (χ0) is 22.8. The van der Waals surface area contributed by atoms with Crippen LogP contribution in [0, 0.1) is 10.1 Å². The minimum absolute atomic E-state index is 0.130. The Hall–Kier alpha value is -3.86. The molecule has 1 aromatic carbocycles. The van der Waals surface area contributed by atoms with E-state index in [4.69, 9.17) is 0 Å². The Kier molecular flexibility index (Phi) is 5.69. The fourth-order valence-electron chi connectivity index (χ4n) is 3.93. The monoisotopic (exact) mass is 461 g/mol. The molecule has 166 valence electrons. The molecule has 0 bridgehead atoms. The van der Waals surface area contributed by atoms with Crippen LogP contribution in [0.5, 0.6) is 0 Å². The van der Waals surface area contributed by atoms with Crippen molar-refractivity contribution in [3.8, 4) is 0 Å². The van der Waals surface area contributed by atoms with Crippen molar-refractivity contribution in [2.24, 2.45) is 0 Å². The highest BCUT2D eigenvalue weighted by Gasteiger charge is 2.21. The summed E-state index contributed by atoms with van der Waals surface area (Å²) >= 11 is 1.19. The van der Waals surface area contributed by atoms with Crippen LogP contribution >= 0.6 is 11.8 Å². The molecule has 1 fully saturated rings. The van der Waals surface area contributed by atoms with Gasteiger partial charge < -0.3 is 0 Å². The molecule has 4 aromatic rings. The predicted molar refractivity (Wildman–Crippen MR) is 121 cm³/mol. The smallest absolute Gasteiger partial charge is 0.270 e. The van der Waals surface area contributed by atoms with Crippen molar-refractivity contribution in [3.05, 3.63) is 76.2 Å². The molecule has 0 atom stereocenters. The number of amides is 1. The Morgan fingerprint density at radius 2 is 1.91 bits per heavy atom. The molecule has 33 heavy (non-hydrogen) atoms. The predicted octanol–water partition coefficient (Wildman–Crippen LogP) is 4.49. The highest BCUT2D eigenvalue weighted by molar-refractivity contribution is 7.99. The van der Waals surface area contributed by atoms with Gasteiger partial charge in [-0.25, -0.2) is 9.97 Å². The van der Waals surface area contributed by atoms with Crippen molar-refractivity contribution in [2.75, 3.05) is 5.32 Å².